The summed E-state index contributed by atoms with van der Waals surface area (Å²) in [5, 5.41) is 11.6. The maximum absolute atomic E-state index is 12.2. The van der Waals surface area contributed by atoms with Gasteiger partial charge in [0, 0.05) is 0 Å². The second-order valence-corrected chi connectivity index (χ2v) is 5.04. The van der Waals surface area contributed by atoms with Crippen LogP contribution in [-0.2, 0) is 9.59 Å². The molecule has 0 heterocycles. The van der Waals surface area contributed by atoms with Crippen LogP contribution in [0.3, 0.4) is 0 Å². The molecule has 128 valence electrons. The van der Waals surface area contributed by atoms with Crippen molar-refractivity contribution in [3.63, 3.8) is 0 Å². The van der Waals surface area contributed by atoms with Crippen molar-refractivity contribution in [3.8, 4) is 0 Å². The lowest BCUT2D eigenvalue weighted by atomic mass is 10.1. The van der Waals surface area contributed by atoms with Crippen LogP contribution >= 0.6 is 0 Å². The van der Waals surface area contributed by atoms with E-state index in [2.05, 4.69) is 10.3 Å². The average Bonchev–Trinajstić information content (AvgIpc) is 2.44. The summed E-state index contributed by atoms with van der Waals surface area (Å²) in [6.07, 6.45) is 3.46. The highest BCUT2D eigenvalue weighted by molar-refractivity contribution is 5.89. The summed E-state index contributed by atoms with van der Waals surface area (Å²) < 4.78 is 0. The summed E-state index contributed by atoms with van der Waals surface area (Å²) >= 11 is 0. The van der Waals surface area contributed by atoms with Gasteiger partial charge in [-0.05, 0) is 51.6 Å². The Balaban J connectivity index is 4.66. The van der Waals surface area contributed by atoms with Crippen molar-refractivity contribution in [2.24, 2.45) is 27.9 Å². The Morgan fingerprint density at radius 1 is 1.00 bits per heavy atom. The minimum absolute atomic E-state index is 0.206. The van der Waals surface area contributed by atoms with Crippen LogP contribution in [0.2, 0.25) is 0 Å². The third-order valence-corrected chi connectivity index (χ3v) is 3.10. The highest BCUT2D eigenvalue weighted by Gasteiger charge is 2.24. The molecule has 0 aliphatic rings. The smallest absolute Gasteiger partial charge is 0.326 e. The third kappa shape index (κ3) is 9.14. The van der Waals surface area contributed by atoms with Gasteiger partial charge in [-0.15, -0.1) is 0 Å². The molecule has 9 nitrogen and oxygen atoms in total. The number of nitrogens with two attached hydrogens (primary N) is 4. The zero-order chi connectivity index (χ0) is 17.0. The minimum Gasteiger partial charge on any atom is -0.480 e. The van der Waals surface area contributed by atoms with Crippen molar-refractivity contribution in [2.45, 2.75) is 50.6 Å². The van der Waals surface area contributed by atoms with Crippen LogP contribution in [0, 0.1) is 0 Å². The molecule has 2 atom stereocenters. The van der Waals surface area contributed by atoms with Gasteiger partial charge < -0.3 is 33.4 Å². The van der Waals surface area contributed by atoms with E-state index in [0.717, 1.165) is 6.42 Å². The van der Waals surface area contributed by atoms with Crippen LogP contribution in [0.1, 0.15) is 38.5 Å². The van der Waals surface area contributed by atoms with Crippen molar-refractivity contribution in [1.82, 2.24) is 5.32 Å². The van der Waals surface area contributed by atoms with Crippen LogP contribution in [0.5, 0.6) is 0 Å². The molecule has 0 bridgehead atoms. The largest absolute Gasteiger partial charge is 0.480 e. The number of rotatable bonds is 12. The summed E-state index contributed by atoms with van der Waals surface area (Å²) in [6.45, 7) is 0.989. The number of unbranched alkanes of at least 4 members (excludes halogenated alkanes) is 2. The van der Waals surface area contributed by atoms with Gasteiger partial charge in [0.15, 0.2) is 5.96 Å². The van der Waals surface area contributed by atoms with Crippen molar-refractivity contribution < 1.29 is 14.7 Å². The van der Waals surface area contributed by atoms with Gasteiger partial charge in [0.25, 0.3) is 0 Å². The molecule has 0 fully saturated rings. The van der Waals surface area contributed by atoms with E-state index in [1.807, 2.05) is 0 Å². The molecule has 0 saturated carbocycles. The van der Waals surface area contributed by atoms with E-state index in [-0.39, 0.29) is 5.96 Å². The van der Waals surface area contributed by atoms with Gasteiger partial charge in [0.05, 0.1) is 0 Å². The van der Waals surface area contributed by atoms with Gasteiger partial charge in [-0.3, -0.25) is 4.79 Å². The quantitative estimate of drug-likeness (QED) is 0.143. The van der Waals surface area contributed by atoms with Gasteiger partial charge in [-0.25, -0.2) is 9.79 Å². The molecule has 0 aromatic carbocycles. The number of hydrogen-bond acceptors (Lipinski definition) is 5. The zero-order valence-electron chi connectivity index (χ0n) is 12.8. The van der Waals surface area contributed by atoms with Crippen molar-refractivity contribution in [2.75, 3.05) is 13.1 Å². The first kappa shape index (κ1) is 20.1. The standard InChI is InChI=1S/C13H28N6O3/c14-7-3-1-5-9(19-13(16)17)11(20)18-10(12(21)22)6-2-4-8-15/h9-10H,1-8,14-15H2,(H,18,20)(H,21,22)(H4,16,17,19)/t9-,10-/m0/s1. The number of hydrogen-bond donors (Lipinski definition) is 6. The number of aliphatic imine (C=N–C) groups is 1. The molecular formula is C13H28N6O3. The SMILES string of the molecule is NCCCC[C@H](N=C(N)N)C(=O)N[C@@H](CCCCN)C(=O)O. The summed E-state index contributed by atoms with van der Waals surface area (Å²) in [5.41, 5.74) is 21.4. The Labute approximate surface area is 130 Å². The van der Waals surface area contributed by atoms with Gasteiger partial charge in [0.1, 0.15) is 12.1 Å². The van der Waals surface area contributed by atoms with Crippen LogP contribution < -0.4 is 28.3 Å². The normalized spacial score (nSPS) is 13.2. The second-order valence-electron chi connectivity index (χ2n) is 5.04. The molecule has 0 rings (SSSR count). The first-order valence-corrected chi connectivity index (χ1v) is 7.44. The third-order valence-electron chi connectivity index (χ3n) is 3.10. The van der Waals surface area contributed by atoms with Crippen LogP contribution in [0.4, 0.5) is 0 Å². The Morgan fingerprint density at radius 2 is 1.55 bits per heavy atom. The van der Waals surface area contributed by atoms with Crippen molar-refractivity contribution in [1.29, 1.82) is 0 Å². The molecule has 0 saturated heterocycles. The first-order valence-electron chi connectivity index (χ1n) is 7.44. The Bertz CT molecular complexity index is 371. The van der Waals surface area contributed by atoms with E-state index < -0.39 is 24.0 Å². The van der Waals surface area contributed by atoms with E-state index in [9.17, 15) is 9.59 Å². The van der Waals surface area contributed by atoms with Crippen molar-refractivity contribution in [3.05, 3.63) is 0 Å². The second kappa shape index (κ2) is 11.8. The molecule has 0 aliphatic heterocycles. The Kier molecular flexibility index (Phi) is 10.8. The molecule has 0 unspecified atom stereocenters. The lowest BCUT2D eigenvalue weighted by Crippen LogP contribution is -2.45. The highest BCUT2D eigenvalue weighted by atomic mass is 16.4. The molecule has 0 spiro atoms. The number of nitrogens with zero attached hydrogens (tertiary/aromatic N) is 1. The number of guanidine groups is 1. The number of carbonyl (C=O) groups is 2. The van der Waals surface area contributed by atoms with Gasteiger partial charge in [0.2, 0.25) is 5.91 Å². The summed E-state index contributed by atoms with van der Waals surface area (Å²) in [7, 11) is 0. The number of aliphatic carboxylic acids is 1. The maximum Gasteiger partial charge on any atom is 0.326 e. The zero-order valence-corrected chi connectivity index (χ0v) is 12.8. The molecular weight excluding hydrogens is 288 g/mol. The summed E-state index contributed by atoms with van der Waals surface area (Å²) in [6, 6.07) is -1.77. The van der Waals surface area contributed by atoms with Crippen LogP contribution in [0.15, 0.2) is 4.99 Å². The maximum atomic E-state index is 12.2. The van der Waals surface area contributed by atoms with Crippen LogP contribution in [-0.4, -0.2) is 48.1 Å². The van der Waals surface area contributed by atoms with Gasteiger partial charge in [-0.1, -0.05) is 0 Å². The van der Waals surface area contributed by atoms with Gasteiger partial charge >= 0.3 is 5.97 Å². The fourth-order valence-corrected chi connectivity index (χ4v) is 1.93. The minimum atomic E-state index is -1.09. The summed E-state index contributed by atoms with van der Waals surface area (Å²) in [4.78, 5) is 27.2. The number of nitrogens with one attached hydrogen (secondary N) is 1. The topological polar surface area (TPSA) is 183 Å². The first-order chi connectivity index (χ1) is 10.4. The predicted octanol–water partition coefficient (Wildman–Crippen LogP) is -1.54. The van der Waals surface area contributed by atoms with E-state index >= 15 is 0 Å². The average molecular weight is 316 g/mol. The number of amides is 1. The Hall–Kier alpha value is -1.87. The number of carboxylic acid groups (broad SMARTS) is 1. The summed E-state index contributed by atoms with van der Waals surface area (Å²) in [5.74, 6) is -1.79. The molecule has 9 heteroatoms. The van der Waals surface area contributed by atoms with Gasteiger partial charge in [-0.2, -0.15) is 0 Å². The van der Waals surface area contributed by atoms with E-state index in [0.29, 0.717) is 45.2 Å². The molecule has 0 aliphatic carbocycles. The molecule has 0 aromatic rings. The fourth-order valence-electron chi connectivity index (χ4n) is 1.93. The van der Waals surface area contributed by atoms with Crippen LogP contribution in [0.25, 0.3) is 0 Å². The molecule has 1 amide bonds. The van der Waals surface area contributed by atoms with E-state index in [4.69, 9.17) is 28.0 Å². The molecule has 22 heavy (non-hydrogen) atoms. The van der Waals surface area contributed by atoms with Crippen molar-refractivity contribution >= 4 is 17.8 Å². The number of carboxylic acids is 1. The lowest BCUT2D eigenvalue weighted by molar-refractivity contribution is -0.142. The molecule has 0 aromatic heterocycles. The molecule has 10 N–H and O–H groups in total. The number of carbonyl (C=O) groups excluding carboxylic acids is 1. The molecule has 0 radical (unpaired) electrons. The monoisotopic (exact) mass is 316 g/mol. The lowest BCUT2D eigenvalue weighted by Gasteiger charge is -2.18. The Morgan fingerprint density at radius 3 is 2.00 bits per heavy atom. The highest BCUT2D eigenvalue weighted by Crippen LogP contribution is 2.07. The van der Waals surface area contributed by atoms with E-state index in [1.165, 1.54) is 0 Å². The fraction of sp³-hybridized carbons (Fsp3) is 0.769. The predicted molar refractivity (Wildman–Crippen MR) is 85.0 cm³/mol. The van der Waals surface area contributed by atoms with E-state index in [1.54, 1.807) is 0 Å².